The minimum absolute atomic E-state index is 0.0729. The van der Waals surface area contributed by atoms with Gasteiger partial charge in [0.15, 0.2) is 0 Å². The number of piperazine rings is 1. The highest BCUT2D eigenvalue weighted by Gasteiger charge is 2.45. The second-order valence-electron chi connectivity index (χ2n) is 10.0. The maximum atomic E-state index is 13.8. The fourth-order valence-corrected chi connectivity index (χ4v) is 5.51. The summed E-state index contributed by atoms with van der Waals surface area (Å²) >= 11 is 0. The Balaban J connectivity index is 1.32. The molecule has 0 aliphatic carbocycles. The van der Waals surface area contributed by atoms with Crippen molar-refractivity contribution < 1.29 is 29.0 Å². The molecule has 9 heteroatoms. The molecule has 2 aliphatic heterocycles. The number of fused-ring (bicyclic) bond motifs is 2. The van der Waals surface area contributed by atoms with Gasteiger partial charge in [-0.25, -0.2) is 9.59 Å². The number of carbonyl (C=O) groups is 4. The van der Waals surface area contributed by atoms with Gasteiger partial charge in [-0.2, -0.15) is 0 Å². The molecule has 9 nitrogen and oxygen atoms in total. The molecule has 3 atom stereocenters. The summed E-state index contributed by atoms with van der Waals surface area (Å²) in [5.74, 6) is -2.01. The number of hydrogen-bond donors (Lipinski definition) is 2. The van der Waals surface area contributed by atoms with Crippen molar-refractivity contribution >= 4 is 34.6 Å². The summed E-state index contributed by atoms with van der Waals surface area (Å²) < 4.78 is 5.45. The van der Waals surface area contributed by atoms with Crippen molar-refractivity contribution in [1.29, 1.82) is 0 Å². The second kappa shape index (κ2) is 11.6. The number of carbonyl (C=O) groups excluding carboxylic acids is 3. The van der Waals surface area contributed by atoms with Crippen molar-refractivity contribution in [3.8, 4) is 0 Å². The molecule has 2 heterocycles. The van der Waals surface area contributed by atoms with Crippen molar-refractivity contribution in [2.45, 2.75) is 50.4 Å². The van der Waals surface area contributed by atoms with Crippen LogP contribution in [0.1, 0.15) is 41.6 Å². The zero-order valence-electron chi connectivity index (χ0n) is 21.5. The molecule has 2 fully saturated rings. The minimum atomic E-state index is -1.24. The molecule has 0 aromatic heterocycles. The largest absolute Gasteiger partial charge is 0.480 e. The Kier molecular flexibility index (Phi) is 7.76. The van der Waals surface area contributed by atoms with E-state index in [4.69, 9.17) is 4.74 Å². The lowest BCUT2D eigenvalue weighted by Crippen LogP contribution is -2.67. The van der Waals surface area contributed by atoms with Gasteiger partial charge in [0, 0.05) is 12.1 Å². The fourth-order valence-electron chi connectivity index (χ4n) is 5.51. The quantitative estimate of drug-likeness (QED) is 0.519. The second-order valence-corrected chi connectivity index (χ2v) is 10.0. The van der Waals surface area contributed by atoms with E-state index in [2.05, 4.69) is 5.32 Å². The summed E-state index contributed by atoms with van der Waals surface area (Å²) in [5, 5.41) is 14.6. The van der Waals surface area contributed by atoms with Gasteiger partial charge < -0.3 is 25.0 Å². The van der Waals surface area contributed by atoms with Crippen LogP contribution in [0, 0.1) is 0 Å². The summed E-state index contributed by atoms with van der Waals surface area (Å²) in [7, 11) is 0. The lowest BCUT2D eigenvalue weighted by molar-refractivity contribution is -0.158. The number of ether oxygens (including phenoxy) is 1. The van der Waals surface area contributed by atoms with Crippen LogP contribution in [-0.4, -0.2) is 70.0 Å². The Morgan fingerprint density at radius 3 is 2.41 bits per heavy atom. The molecule has 0 saturated carbocycles. The van der Waals surface area contributed by atoms with Gasteiger partial charge in [0.2, 0.25) is 5.91 Å². The predicted molar refractivity (Wildman–Crippen MR) is 144 cm³/mol. The molecule has 0 bridgehead atoms. The van der Waals surface area contributed by atoms with Crippen LogP contribution in [0.3, 0.4) is 0 Å². The lowest BCUT2D eigenvalue weighted by atomic mass is 9.93. The molecule has 3 aromatic rings. The summed E-state index contributed by atoms with van der Waals surface area (Å²) in [6, 6.07) is 19.6. The first kappa shape index (κ1) is 26.2. The Morgan fingerprint density at radius 2 is 1.62 bits per heavy atom. The van der Waals surface area contributed by atoms with Gasteiger partial charge in [-0.15, -0.1) is 0 Å². The Labute approximate surface area is 226 Å². The third-order valence-electron chi connectivity index (χ3n) is 7.47. The molecule has 0 radical (unpaired) electrons. The van der Waals surface area contributed by atoms with E-state index in [1.807, 2.05) is 60.7 Å². The van der Waals surface area contributed by atoms with E-state index in [0.29, 0.717) is 24.8 Å². The van der Waals surface area contributed by atoms with Crippen LogP contribution in [-0.2, 0) is 20.9 Å². The monoisotopic (exact) mass is 529 g/mol. The van der Waals surface area contributed by atoms with Crippen LogP contribution in [0.5, 0.6) is 0 Å². The van der Waals surface area contributed by atoms with Gasteiger partial charge in [-0.1, -0.05) is 79.6 Å². The van der Waals surface area contributed by atoms with Gasteiger partial charge in [0.05, 0.1) is 12.6 Å². The van der Waals surface area contributed by atoms with Crippen LogP contribution >= 0.6 is 0 Å². The minimum Gasteiger partial charge on any atom is -0.480 e. The number of carboxylic acids is 1. The summed E-state index contributed by atoms with van der Waals surface area (Å²) in [4.78, 5) is 55.0. The van der Waals surface area contributed by atoms with Gasteiger partial charge in [-0.05, 0) is 35.2 Å². The van der Waals surface area contributed by atoms with E-state index in [-0.39, 0.29) is 25.6 Å². The van der Waals surface area contributed by atoms with Crippen molar-refractivity contribution in [3.63, 3.8) is 0 Å². The Morgan fingerprint density at radius 1 is 0.897 bits per heavy atom. The molecule has 3 amide bonds. The van der Waals surface area contributed by atoms with Crippen molar-refractivity contribution in [1.82, 2.24) is 15.1 Å². The van der Waals surface area contributed by atoms with E-state index in [1.165, 1.54) is 9.80 Å². The van der Waals surface area contributed by atoms with Crippen molar-refractivity contribution in [2.24, 2.45) is 0 Å². The highest BCUT2D eigenvalue weighted by molar-refractivity contribution is 6.08. The van der Waals surface area contributed by atoms with Crippen LogP contribution in [0.4, 0.5) is 4.79 Å². The summed E-state index contributed by atoms with van der Waals surface area (Å²) in [5.41, 5.74) is 1.28. The highest BCUT2D eigenvalue weighted by atomic mass is 16.6. The first-order valence-electron chi connectivity index (χ1n) is 13.2. The number of aliphatic carboxylic acids is 1. The molecule has 202 valence electrons. The fraction of sp³-hybridized carbons (Fsp3) is 0.333. The molecule has 39 heavy (non-hydrogen) atoms. The molecular formula is C30H31N3O6. The lowest BCUT2D eigenvalue weighted by Gasteiger charge is -2.46. The molecule has 0 spiro atoms. The number of hydrogen-bond acceptors (Lipinski definition) is 5. The van der Waals surface area contributed by atoms with Crippen molar-refractivity contribution in [3.05, 3.63) is 83.9 Å². The zero-order valence-corrected chi connectivity index (χ0v) is 21.5. The van der Waals surface area contributed by atoms with Crippen molar-refractivity contribution in [2.75, 3.05) is 13.1 Å². The number of carboxylic acid groups (broad SMARTS) is 1. The zero-order chi connectivity index (χ0) is 27.4. The van der Waals surface area contributed by atoms with E-state index < -0.39 is 36.1 Å². The third-order valence-corrected chi connectivity index (χ3v) is 7.47. The average molecular weight is 530 g/mol. The van der Waals surface area contributed by atoms with Gasteiger partial charge in [-0.3, -0.25) is 9.59 Å². The molecular weight excluding hydrogens is 498 g/mol. The first-order valence-corrected chi connectivity index (χ1v) is 13.2. The SMILES string of the molecule is O=C(N[C@H]1CCCC[C@H]2CN(C(=O)OCc3ccccc3)C[C@@H](C(=O)O)N2C1=O)c1cccc2ccccc12. The molecule has 2 N–H and O–H groups in total. The first-order chi connectivity index (χ1) is 18.9. The van der Waals surface area contributed by atoms with E-state index in [1.54, 1.807) is 12.1 Å². The number of rotatable bonds is 5. The van der Waals surface area contributed by atoms with Crippen LogP contribution in [0.2, 0.25) is 0 Å². The van der Waals surface area contributed by atoms with Crippen LogP contribution in [0.15, 0.2) is 72.8 Å². The molecule has 0 unspecified atom stereocenters. The topological polar surface area (TPSA) is 116 Å². The van der Waals surface area contributed by atoms with E-state index in [9.17, 15) is 24.3 Å². The summed E-state index contributed by atoms with van der Waals surface area (Å²) in [6.07, 6.45) is 1.77. The van der Waals surface area contributed by atoms with Gasteiger partial charge >= 0.3 is 12.1 Å². The van der Waals surface area contributed by atoms with Crippen LogP contribution < -0.4 is 5.32 Å². The molecule has 2 saturated heterocycles. The highest BCUT2D eigenvalue weighted by Crippen LogP contribution is 2.27. The number of benzene rings is 3. The average Bonchev–Trinajstić information content (AvgIpc) is 2.95. The maximum absolute atomic E-state index is 13.8. The Hall–Kier alpha value is -4.40. The van der Waals surface area contributed by atoms with Gasteiger partial charge in [0.1, 0.15) is 18.7 Å². The number of nitrogens with one attached hydrogen (secondary N) is 1. The van der Waals surface area contributed by atoms with Crippen LogP contribution in [0.25, 0.3) is 10.8 Å². The van der Waals surface area contributed by atoms with E-state index in [0.717, 1.165) is 22.8 Å². The third kappa shape index (κ3) is 5.72. The maximum Gasteiger partial charge on any atom is 0.410 e. The van der Waals surface area contributed by atoms with Gasteiger partial charge in [0.25, 0.3) is 5.91 Å². The molecule has 2 aliphatic rings. The summed E-state index contributed by atoms with van der Waals surface area (Å²) in [6.45, 7) is 0.0613. The Bertz CT molecular complexity index is 1370. The normalized spacial score (nSPS) is 21.4. The molecule has 5 rings (SSSR count). The standard InChI is InChI=1S/C30H31N3O6/c34-27(24-15-8-12-21-11-4-6-14-23(21)24)31-25-16-7-5-13-22-17-32(18-26(29(36)37)33(22)28(25)35)30(38)39-19-20-9-2-1-3-10-20/h1-4,6,8-12,14-15,22,25-26H,5,7,13,16-19H2,(H,31,34)(H,36,37)/t22-,25-,26-/m0/s1. The molecule has 3 aromatic carbocycles. The predicted octanol–water partition coefficient (Wildman–Crippen LogP) is 3.82. The number of nitrogens with zero attached hydrogens (tertiary/aromatic N) is 2. The van der Waals surface area contributed by atoms with E-state index >= 15 is 0 Å². The number of amides is 3. The smallest absolute Gasteiger partial charge is 0.410 e.